The largest absolute Gasteiger partial charge is 0.423 e. The fraction of sp³-hybridized carbons (Fsp3) is 0.211. The third-order valence-electron chi connectivity index (χ3n) is 3.81. The molecule has 130 valence electrons. The van der Waals surface area contributed by atoms with Crippen LogP contribution in [0.15, 0.2) is 68.7 Å². The van der Waals surface area contributed by atoms with Crippen LogP contribution in [-0.2, 0) is 15.5 Å². The molecule has 0 spiro atoms. The summed E-state index contributed by atoms with van der Waals surface area (Å²) in [5, 5.41) is 0.507. The molecule has 25 heavy (non-hydrogen) atoms. The zero-order valence-electron chi connectivity index (χ0n) is 14.1. The number of hydrogen-bond acceptors (Lipinski definition) is 5. The van der Waals surface area contributed by atoms with Crippen molar-refractivity contribution in [2.24, 2.45) is 0 Å². The zero-order valence-corrected chi connectivity index (χ0v) is 15.0. The fourth-order valence-electron chi connectivity index (χ4n) is 2.39. The van der Waals surface area contributed by atoms with Crippen LogP contribution in [0.1, 0.15) is 26.3 Å². The highest BCUT2D eigenvalue weighted by Gasteiger charge is 2.19. The molecule has 0 aliphatic heterocycles. The second-order valence-corrected chi connectivity index (χ2v) is 8.31. The van der Waals surface area contributed by atoms with E-state index < -0.39 is 15.7 Å². The van der Waals surface area contributed by atoms with Gasteiger partial charge in [0, 0.05) is 11.5 Å². The highest BCUT2D eigenvalue weighted by Crippen LogP contribution is 2.26. The summed E-state index contributed by atoms with van der Waals surface area (Å²) >= 11 is 0. The first-order valence-corrected chi connectivity index (χ1v) is 9.15. The van der Waals surface area contributed by atoms with E-state index in [1.54, 1.807) is 12.1 Å². The molecule has 0 amide bonds. The molecule has 0 saturated heterocycles. The summed E-state index contributed by atoms with van der Waals surface area (Å²) in [6.45, 7) is 6.23. The molecule has 0 aliphatic carbocycles. The van der Waals surface area contributed by atoms with Crippen molar-refractivity contribution in [3.8, 4) is 5.75 Å². The average molecular weight is 358 g/mol. The van der Waals surface area contributed by atoms with E-state index in [4.69, 9.17) is 8.60 Å². The number of fused-ring (bicyclic) bond motifs is 1. The molecule has 0 unspecified atom stereocenters. The van der Waals surface area contributed by atoms with E-state index in [0.29, 0.717) is 11.0 Å². The standard InChI is InChI=1S/C19H18O5S/c1-19(2,3)14-5-7-15(8-6-14)24-25(21,22)16-9-10-17-13(12-16)4-11-18(20)23-17/h4-12H,1-3H3. The molecule has 6 heteroatoms. The van der Waals surface area contributed by atoms with Crippen LogP contribution < -0.4 is 9.81 Å². The first-order valence-electron chi connectivity index (χ1n) is 7.74. The van der Waals surface area contributed by atoms with Crippen LogP contribution >= 0.6 is 0 Å². The minimum atomic E-state index is -3.98. The maximum absolute atomic E-state index is 12.5. The highest BCUT2D eigenvalue weighted by atomic mass is 32.2. The summed E-state index contributed by atoms with van der Waals surface area (Å²) < 4.78 is 35.2. The maximum Gasteiger partial charge on any atom is 0.339 e. The van der Waals surface area contributed by atoms with Gasteiger partial charge in [0.05, 0.1) is 0 Å². The van der Waals surface area contributed by atoms with Gasteiger partial charge in [-0.25, -0.2) is 4.79 Å². The zero-order chi connectivity index (χ0) is 18.2. The van der Waals surface area contributed by atoms with Crippen molar-refractivity contribution < 1.29 is 17.0 Å². The van der Waals surface area contributed by atoms with Crippen LogP contribution in [0.5, 0.6) is 5.75 Å². The topological polar surface area (TPSA) is 73.6 Å². The minimum absolute atomic E-state index is 0.00579. The molecule has 2 aromatic carbocycles. The molecule has 0 N–H and O–H groups in total. The lowest BCUT2D eigenvalue weighted by Gasteiger charge is -2.19. The summed E-state index contributed by atoms with van der Waals surface area (Å²) in [6.07, 6.45) is 0. The Balaban J connectivity index is 1.91. The Labute approximate surface area is 146 Å². The van der Waals surface area contributed by atoms with Crippen LogP contribution in [0.4, 0.5) is 0 Å². The molecule has 1 heterocycles. The molecule has 3 rings (SSSR count). The van der Waals surface area contributed by atoms with Gasteiger partial charge in [-0.15, -0.1) is 0 Å². The van der Waals surface area contributed by atoms with Gasteiger partial charge in [0.1, 0.15) is 16.2 Å². The SMILES string of the molecule is CC(C)(C)c1ccc(OS(=O)(=O)c2ccc3oc(=O)ccc3c2)cc1. The van der Waals surface area contributed by atoms with Gasteiger partial charge in [-0.2, -0.15) is 8.42 Å². The van der Waals surface area contributed by atoms with Crippen molar-refractivity contribution in [1.29, 1.82) is 0 Å². The van der Waals surface area contributed by atoms with Gasteiger partial charge in [-0.1, -0.05) is 32.9 Å². The van der Waals surface area contributed by atoms with Crippen LogP contribution in [-0.4, -0.2) is 8.42 Å². The van der Waals surface area contributed by atoms with Crippen molar-refractivity contribution in [3.05, 3.63) is 70.6 Å². The van der Waals surface area contributed by atoms with Crippen molar-refractivity contribution in [3.63, 3.8) is 0 Å². The van der Waals surface area contributed by atoms with Gasteiger partial charge in [0.15, 0.2) is 0 Å². The van der Waals surface area contributed by atoms with Gasteiger partial charge in [0.2, 0.25) is 0 Å². The monoisotopic (exact) mass is 358 g/mol. The summed E-state index contributed by atoms with van der Waals surface area (Å²) in [5.74, 6) is 0.243. The molecule has 0 radical (unpaired) electrons. The van der Waals surface area contributed by atoms with Crippen LogP contribution in [0.3, 0.4) is 0 Å². The van der Waals surface area contributed by atoms with Crippen molar-refractivity contribution >= 4 is 21.1 Å². The van der Waals surface area contributed by atoms with Gasteiger partial charge in [-0.05, 0) is 47.4 Å². The Bertz CT molecular complexity index is 1070. The Kier molecular flexibility index (Phi) is 4.16. The molecule has 0 saturated carbocycles. The van der Waals surface area contributed by atoms with E-state index in [1.807, 2.05) is 12.1 Å². The average Bonchev–Trinajstić information content (AvgIpc) is 2.53. The minimum Gasteiger partial charge on any atom is -0.423 e. The van der Waals surface area contributed by atoms with E-state index in [1.165, 1.54) is 30.3 Å². The van der Waals surface area contributed by atoms with Crippen molar-refractivity contribution in [2.75, 3.05) is 0 Å². The lowest BCUT2D eigenvalue weighted by atomic mass is 9.87. The summed E-state index contributed by atoms with van der Waals surface area (Å²) in [6, 6.07) is 13.9. The van der Waals surface area contributed by atoms with Crippen molar-refractivity contribution in [2.45, 2.75) is 31.1 Å². The van der Waals surface area contributed by atoms with Gasteiger partial charge < -0.3 is 8.60 Å². The van der Waals surface area contributed by atoms with Gasteiger partial charge in [0.25, 0.3) is 0 Å². The Morgan fingerprint density at radius 1 is 0.920 bits per heavy atom. The summed E-state index contributed by atoms with van der Waals surface area (Å²) in [7, 11) is -3.98. The smallest absolute Gasteiger partial charge is 0.339 e. The molecule has 0 atom stereocenters. The Hall–Kier alpha value is -2.60. The molecule has 3 aromatic rings. The normalized spacial score (nSPS) is 12.3. The van der Waals surface area contributed by atoms with Crippen LogP contribution in [0.2, 0.25) is 0 Å². The highest BCUT2D eigenvalue weighted by molar-refractivity contribution is 7.87. The second-order valence-electron chi connectivity index (χ2n) is 6.77. The van der Waals surface area contributed by atoms with Crippen LogP contribution in [0, 0.1) is 0 Å². The first kappa shape index (κ1) is 17.2. The molecule has 0 aliphatic rings. The van der Waals surface area contributed by atoms with E-state index in [9.17, 15) is 13.2 Å². The molecule has 1 aromatic heterocycles. The van der Waals surface area contributed by atoms with E-state index >= 15 is 0 Å². The van der Waals surface area contributed by atoms with Crippen LogP contribution in [0.25, 0.3) is 11.0 Å². The van der Waals surface area contributed by atoms with Gasteiger partial charge in [-0.3, -0.25) is 0 Å². The Morgan fingerprint density at radius 2 is 1.60 bits per heavy atom. The molecule has 0 fully saturated rings. The molecular formula is C19H18O5S. The number of benzene rings is 2. The number of hydrogen-bond donors (Lipinski definition) is 0. The number of rotatable bonds is 3. The molecule has 0 bridgehead atoms. The Morgan fingerprint density at radius 3 is 2.24 bits per heavy atom. The quantitative estimate of drug-likeness (QED) is 0.525. The van der Waals surface area contributed by atoms with Crippen molar-refractivity contribution in [1.82, 2.24) is 0 Å². The second kappa shape index (κ2) is 6.04. The predicted octanol–water partition coefficient (Wildman–Crippen LogP) is 3.86. The lowest BCUT2D eigenvalue weighted by Crippen LogP contribution is -2.12. The molecular weight excluding hydrogens is 340 g/mol. The summed E-state index contributed by atoms with van der Waals surface area (Å²) in [4.78, 5) is 11.2. The molecule has 5 nitrogen and oxygen atoms in total. The van der Waals surface area contributed by atoms with Gasteiger partial charge >= 0.3 is 15.7 Å². The summed E-state index contributed by atoms with van der Waals surface area (Å²) in [5.41, 5.74) is 0.886. The first-order chi connectivity index (χ1) is 11.6. The maximum atomic E-state index is 12.5. The van der Waals surface area contributed by atoms with E-state index in [-0.39, 0.29) is 16.1 Å². The van der Waals surface area contributed by atoms with E-state index in [2.05, 4.69) is 20.8 Å². The third kappa shape index (κ3) is 3.74. The predicted molar refractivity (Wildman–Crippen MR) is 95.4 cm³/mol. The van der Waals surface area contributed by atoms with E-state index in [0.717, 1.165) is 5.56 Å². The lowest BCUT2D eigenvalue weighted by molar-refractivity contribution is 0.485. The fourth-order valence-corrected chi connectivity index (χ4v) is 3.36. The third-order valence-corrected chi connectivity index (χ3v) is 5.05.